The van der Waals surface area contributed by atoms with E-state index in [9.17, 15) is 4.79 Å². The average Bonchev–Trinajstić information content (AvgIpc) is 2.98. The molecule has 3 rings (SSSR count). The normalized spacial score (nSPS) is 10.5. The number of benzene rings is 1. The molecule has 0 aliphatic rings. The number of rotatable bonds is 5. The summed E-state index contributed by atoms with van der Waals surface area (Å²) in [5.41, 5.74) is 2.18. The van der Waals surface area contributed by atoms with E-state index in [-0.39, 0.29) is 12.5 Å². The lowest BCUT2D eigenvalue weighted by atomic mass is 10.1. The van der Waals surface area contributed by atoms with Gasteiger partial charge in [0, 0.05) is 18.5 Å². The van der Waals surface area contributed by atoms with Gasteiger partial charge in [-0.05, 0) is 44.0 Å². The maximum atomic E-state index is 12.1. The van der Waals surface area contributed by atoms with Crippen molar-refractivity contribution < 1.29 is 9.53 Å². The van der Waals surface area contributed by atoms with E-state index in [4.69, 9.17) is 4.74 Å². The second-order valence-corrected chi connectivity index (χ2v) is 5.77. The molecule has 1 aromatic carbocycles. The molecule has 0 bridgehead atoms. The molecular formula is C18H19N5O2. The van der Waals surface area contributed by atoms with Gasteiger partial charge in [0.1, 0.15) is 29.5 Å². The highest BCUT2D eigenvalue weighted by molar-refractivity contribution is 5.91. The second kappa shape index (κ2) is 7.12. The van der Waals surface area contributed by atoms with Crippen molar-refractivity contribution in [2.24, 2.45) is 0 Å². The van der Waals surface area contributed by atoms with Crippen molar-refractivity contribution in [1.82, 2.24) is 19.5 Å². The van der Waals surface area contributed by atoms with Crippen LogP contribution in [-0.4, -0.2) is 32.0 Å². The molecule has 0 unspecified atom stereocenters. The van der Waals surface area contributed by atoms with Gasteiger partial charge in [0.15, 0.2) is 6.61 Å². The van der Waals surface area contributed by atoms with Crippen LogP contribution in [0.5, 0.6) is 5.75 Å². The molecule has 1 N–H and O–H groups in total. The summed E-state index contributed by atoms with van der Waals surface area (Å²) < 4.78 is 7.36. The van der Waals surface area contributed by atoms with Gasteiger partial charge in [-0.3, -0.25) is 9.36 Å². The molecule has 7 heteroatoms. The van der Waals surface area contributed by atoms with Crippen LogP contribution in [0.4, 0.5) is 5.82 Å². The maximum absolute atomic E-state index is 12.1. The van der Waals surface area contributed by atoms with Crippen LogP contribution in [0.25, 0.3) is 5.82 Å². The van der Waals surface area contributed by atoms with Crippen LogP contribution < -0.4 is 10.1 Å². The molecule has 2 heterocycles. The Labute approximate surface area is 145 Å². The summed E-state index contributed by atoms with van der Waals surface area (Å²) in [6, 6.07) is 7.52. The number of hydrogen-bond donors (Lipinski definition) is 1. The molecule has 0 aliphatic carbocycles. The van der Waals surface area contributed by atoms with Gasteiger partial charge in [-0.2, -0.15) is 0 Å². The summed E-state index contributed by atoms with van der Waals surface area (Å²) in [5.74, 6) is 2.23. The van der Waals surface area contributed by atoms with E-state index in [1.807, 2.05) is 43.5 Å². The van der Waals surface area contributed by atoms with Crippen molar-refractivity contribution in [2.45, 2.75) is 20.8 Å². The Kier molecular flexibility index (Phi) is 4.74. The molecule has 7 nitrogen and oxygen atoms in total. The summed E-state index contributed by atoms with van der Waals surface area (Å²) in [6.45, 7) is 5.76. The number of imidazole rings is 1. The first-order valence-electron chi connectivity index (χ1n) is 7.84. The van der Waals surface area contributed by atoms with Crippen LogP contribution in [0, 0.1) is 20.8 Å². The number of aromatic nitrogens is 4. The smallest absolute Gasteiger partial charge is 0.263 e. The summed E-state index contributed by atoms with van der Waals surface area (Å²) in [6.07, 6.45) is 4.88. The van der Waals surface area contributed by atoms with Crippen LogP contribution in [0.2, 0.25) is 0 Å². The lowest BCUT2D eigenvalue weighted by molar-refractivity contribution is -0.118. The van der Waals surface area contributed by atoms with Crippen LogP contribution in [0.3, 0.4) is 0 Å². The zero-order chi connectivity index (χ0) is 17.8. The SMILES string of the molecule is Cc1cc(C)cc(OCC(=O)Nc2cc(-n3ccnc3C)ncn2)c1. The minimum Gasteiger partial charge on any atom is -0.484 e. The lowest BCUT2D eigenvalue weighted by Gasteiger charge is -2.09. The van der Waals surface area contributed by atoms with Crippen molar-refractivity contribution in [3.63, 3.8) is 0 Å². The number of hydrogen-bond acceptors (Lipinski definition) is 5. The first-order valence-corrected chi connectivity index (χ1v) is 7.84. The van der Waals surface area contributed by atoms with Crippen molar-refractivity contribution in [3.05, 3.63) is 59.9 Å². The van der Waals surface area contributed by atoms with E-state index in [0.717, 1.165) is 17.0 Å². The number of nitrogens with one attached hydrogen (secondary N) is 1. The van der Waals surface area contributed by atoms with Crippen molar-refractivity contribution in [3.8, 4) is 11.6 Å². The second-order valence-electron chi connectivity index (χ2n) is 5.77. The minimum atomic E-state index is -0.286. The van der Waals surface area contributed by atoms with Crippen LogP contribution in [-0.2, 0) is 4.79 Å². The number of amides is 1. The molecule has 0 fully saturated rings. The van der Waals surface area contributed by atoms with Gasteiger partial charge < -0.3 is 10.1 Å². The third kappa shape index (κ3) is 4.20. The van der Waals surface area contributed by atoms with Gasteiger partial charge in [-0.25, -0.2) is 15.0 Å². The van der Waals surface area contributed by atoms with Gasteiger partial charge in [0.25, 0.3) is 5.91 Å². The Morgan fingerprint density at radius 1 is 1.08 bits per heavy atom. The fourth-order valence-electron chi connectivity index (χ4n) is 2.51. The van der Waals surface area contributed by atoms with Gasteiger partial charge in [-0.15, -0.1) is 0 Å². The zero-order valence-corrected chi connectivity index (χ0v) is 14.4. The van der Waals surface area contributed by atoms with Gasteiger partial charge >= 0.3 is 0 Å². The Balaban J connectivity index is 1.64. The molecule has 0 spiro atoms. The zero-order valence-electron chi connectivity index (χ0n) is 14.4. The summed E-state index contributed by atoms with van der Waals surface area (Å²) in [4.78, 5) is 24.5. The summed E-state index contributed by atoms with van der Waals surface area (Å²) in [7, 11) is 0. The first-order chi connectivity index (χ1) is 12.0. The molecule has 0 saturated heterocycles. The lowest BCUT2D eigenvalue weighted by Crippen LogP contribution is -2.21. The van der Waals surface area contributed by atoms with E-state index >= 15 is 0 Å². The number of ether oxygens (including phenoxy) is 1. The molecule has 0 atom stereocenters. The Morgan fingerprint density at radius 3 is 2.52 bits per heavy atom. The topological polar surface area (TPSA) is 81.9 Å². The molecule has 0 aliphatic heterocycles. The van der Waals surface area contributed by atoms with Crippen molar-refractivity contribution in [2.75, 3.05) is 11.9 Å². The fraction of sp³-hybridized carbons (Fsp3) is 0.222. The number of nitrogens with zero attached hydrogens (tertiary/aromatic N) is 4. The Bertz CT molecular complexity index is 884. The van der Waals surface area contributed by atoms with Gasteiger partial charge in [0.05, 0.1) is 0 Å². The third-order valence-electron chi connectivity index (χ3n) is 3.56. The predicted octanol–water partition coefficient (Wildman–Crippen LogP) is 2.61. The Hall–Kier alpha value is -3.22. The van der Waals surface area contributed by atoms with E-state index in [1.54, 1.807) is 18.5 Å². The van der Waals surface area contributed by atoms with Gasteiger partial charge in [0.2, 0.25) is 0 Å². The highest BCUT2D eigenvalue weighted by atomic mass is 16.5. The van der Waals surface area contributed by atoms with Crippen molar-refractivity contribution >= 4 is 11.7 Å². The maximum Gasteiger partial charge on any atom is 0.263 e. The molecule has 0 saturated carbocycles. The Morgan fingerprint density at radius 2 is 1.84 bits per heavy atom. The molecule has 3 aromatic rings. The molecule has 2 aromatic heterocycles. The molecule has 1 amide bonds. The fourth-order valence-corrected chi connectivity index (χ4v) is 2.51. The van der Waals surface area contributed by atoms with Crippen LogP contribution in [0.15, 0.2) is 43.0 Å². The number of carbonyl (C=O) groups is 1. The number of carbonyl (C=O) groups excluding carboxylic acids is 1. The third-order valence-corrected chi connectivity index (χ3v) is 3.56. The standard InChI is InChI=1S/C18H19N5O2/c1-12-6-13(2)8-15(7-12)25-10-18(24)22-16-9-17(21-11-20-16)23-5-4-19-14(23)3/h4-9,11H,10H2,1-3H3,(H,20,21,22,24). The van der Waals surface area contributed by atoms with E-state index in [1.165, 1.54) is 6.33 Å². The summed E-state index contributed by atoms with van der Waals surface area (Å²) >= 11 is 0. The van der Waals surface area contributed by atoms with E-state index in [0.29, 0.717) is 17.4 Å². The first kappa shape index (κ1) is 16.6. The molecular weight excluding hydrogens is 318 g/mol. The van der Waals surface area contributed by atoms with Crippen molar-refractivity contribution in [1.29, 1.82) is 0 Å². The van der Waals surface area contributed by atoms with Gasteiger partial charge in [-0.1, -0.05) is 6.07 Å². The highest BCUT2D eigenvalue weighted by Gasteiger charge is 2.08. The monoisotopic (exact) mass is 337 g/mol. The average molecular weight is 337 g/mol. The predicted molar refractivity (Wildman–Crippen MR) is 93.9 cm³/mol. The highest BCUT2D eigenvalue weighted by Crippen LogP contribution is 2.16. The summed E-state index contributed by atoms with van der Waals surface area (Å²) in [5, 5.41) is 2.71. The van der Waals surface area contributed by atoms with E-state index < -0.39 is 0 Å². The largest absolute Gasteiger partial charge is 0.484 e. The number of anilines is 1. The molecule has 25 heavy (non-hydrogen) atoms. The quantitative estimate of drug-likeness (QED) is 0.774. The molecule has 0 radical (unpaired) electrons. The minimum absolute atomic E-state index is 0.0909. The molecule has 128 valence electrons. The number of aryl methyl sites for hydroxylation is 3. The van der Waals surface area contributed by atoms with E-state index in [2.05, 4.69) is 20.3 Å². The van der Waals surface area contributed by atoms with Crippen LogP contribution >= 0.6 is 0 Å². The van der Waals surface area contributed by atoms with Crippen LogP contribution in [0.1, 0.15) is 17.0 Å².